The van der Waals surface area contributed by atoms with Crippen molar-refractivity contribution in [2.24, 2.45) is 0 Å². The topological polar surface area (TPSA) is 49.4 Å². The number of thioether (sulfide) groups is 1. The zero-order chi connectivity index (χ0) is 18.8. The van der Waals surface area contributed by atoms with E-state index in [-0.39, 0.29) is 11.8 Å². The Morgan fingerprint density at radius 2 is 2.04 bits per heavy atom. The number of unbranched alkanes of at least 4 members (excludes halogenated alkanes) is 1. The number of nitrogens with one attached hydrogen (secondary N) is 1. The van der Waals surface area contributed by atoms with Crippen LogP contribution in [0, 0.1) is 0 Å². The molecule has 2 rings (SSSR count). The highest BCUT2D eigenvalue weighted by Gasteiger charge is 2.31. The van der Waals surface area contributed by atoms with Gasteiger partial charge < -0.3 is 5.32 Å². The van der Waals surface area contributed by atoms with Gasteiger partial charge in [-0.05, 0) is 24.5 Å². The third kappa shape index (κ3) is 6.42. The molecule has 1 heterocycles. The summed E-state index contributed by atoms with van der Waals surface area (Å²) in [6.45, 7) is 3.28. The van der Waals surface area contributed by atoms with Gasteiger partial charge in [-0.1, -0.05) is 79.8 Å². The summed E-state index contributed by atoms with van der Waals surface area (Å²) < 4.78 is 0.556. The first kappa shape index (κ1) is 20.4. The highest BCUT2D eigenvalue weighted by Crippen LogP contribution is 2.31. The van der Waals surface area contributed by atoms with Crippen molar-refractivity contribution in [3.8, 4) is 0 Å². The molecule has 6 heteroatoms. The molecule has 1 fully saturated rings. The first-order chi connectivity index (χ1) is 12.6. The predicted molar refractivity (Wildman–Crippen MR) is 113 cm³/mol. The number of allylic oxidation sites excluding steroid dienone is 2. The highest BCUT2D eigenvalue weighted by molar-refractivity contribution is 8.26. The smallest absolute Gasteiger partial charge is 0.266 e. The molecule has 1 aliphatic heterocycles. The Morgan fingerprint density at radius 3 is 2.77 bits per heavy atom. The fourth-order valence-electron chi connectivity index (χ4n) is 2.41. The van der Waals surface area contributed by atoms with Crippen LogP contribution in [-0.4, -0.2) is 34.1 Å². The number of hydrogen-bond acceptors (Lipinski definition) is 4. The van der Waals surface area contributed by atoms with Crippen molar-refractivity contribution in [3.05, 3.63) is 53.0 Å². The summed E-state index contributed by atoms with van der Waals surface area (Å²) in [5.41, 5.74) is 1.08. The van der Waals surface area contributed by atoms with E-state index in [1.54, 1.807) is 11.0 Å². The van der Waals surface area contributed by atoms with Crippen LogP contribution in [0.4, 0.5) is 0 Å². The van der Waals surface area contributed by atoms with E-state index in [1.165, 1.54) is 11.8 Å². The molecule has 0 radical (unpaired) electrons. The van der Waals surface area contributed by atoms with Crippen molar-refractivity contribution < 1.29 is 9.59 Å². The molecule has 0 saturated carbocycles. The van der Waals surface area contributed by atoms with Crippen molar-refractivity contribution in [2.75, 3.05) is 13.1 Å². The van der Waals surface area contributed by atoms with Crippen LogP contribution in [0.5, 0.6) is 0 Å². The number of carbonyl (C=O) groups is 2. The quantitative estimate of drug-likeness (QED) is 0.392. The van der Waals surface area contributed by atoms with Crippen molar-refractivity contribution in [1.82, 2.24) is 10.2 Å². The Bertz CT molecular complexity index is 699. The number of thiocarbonyl (C=S) groups is 1. The maximum Gasteiger partial charge on any atom is 0.266 e. The Kier molecular flexibility index (Phi) is 8.58. The lowest BCUT2D eigenvalue weighted by Gasteiger charge is -2.14. The first-order valence-electron chi connectivity index (χ1n) is 8.85. The van der Waals surface area contributed by atoms with Gasteiger partial charge in [-0.2, -0.15) is 0 Å². The van der Waals surface area contributed by atoms with Crippen LogP contribution < -0.4 is 5.32 Å². The van der Waals surface area contributed by atoms with Crippen LogP contribution in [0.15, 0.2) is 47.4 Å². The minimum absolute atomic E-state index is 0.0326. The van der Waals surface area contributed by atoms with Gasteiger partial charge in [-0.15, -0.1) is 0 Å². The van der Waals surface area contributed by atoms with E-state index in [1.807, 2.05) is 42.5 Å². The molecule has 138 valence electrons. The molecule has 0 unspecified atom stereocenters. The first-order valence-corrected chi connectivity index (χ1v) is 10.1. The molecule has 0 aliphatic carbocycles. The predicted octanol–water partition coefficient (Wildman–Crippen LogP) is 4.14. The standard InChI is InChI=1S/C20H24N2O2S2/c1-2-3-14-21-18(23)13-8-15-22-19(24)17(26-20(22)25)12-7-11-16-9-5-4-6-10-16/h4-7,9-12H,2-3,8,13-15H2,1H3,(H,21,23). The summed E-state index contributed by atoms with van der Waals surface area (Å²) in [4.78, 5) is 26.4. The minimum Gasteiger partial charge on any atom is -0.356 e. The fourth-order valence-corrected chi connectivity index (χ4v) is 3.67. The average Bonchev–Trinajstić information content (AvgIpc) is 2.90. The van der Waals surface area contributed by atoms with E-state index >= 15 is 0 Å². The molecule has 1 N–H and O–H groups in total. The zero-order valence-electron chi connectivity index (χ0n) is 14.9. The van der Waals surface area contributed by atoms with Gasteiger partial charge >= 0.3 is 0 Å². The third-order valence-corrected chi connectivity index (χ3v) is 5.24. The molecular formula is C20H24N2O2S2. The summed E-state index contributed by atoms with van der Waals surface area (Å²) in [5.74, 6) is -0.0469. The van der Waals surface area contributed by atoms with Gasteiger partial charge in [0.05, 0.1) is 4.91 Å². The lowest BCUT2D eigenvalue weighted by molar-refractivity contribution is -0.124. The summed E-state index contributed by atoms with van der Waals surface area (Å²) >= 11 is 6.62. The molecule has 1 saturated heterocycles. The van der Waals surface area contributed by atoms with Crippen LogP contribution in [-0.2, 0) is 9.59 Å². The number of hydrogen-bond donors (Lipinski definition) is 1. The molecular weight excluding hydrogens is 364 g/mol. The molecule has 26 heavy (non-hydrogen) atoms. The SMILES string of the molecule is CCCCNC(=O)CCCN1C(=O)C(=CC=Cc2ccccc2)SC1=S. The summed E-state index contributed by atoms with van der Waals surface area (Å²) in [7, 11) is 0. The maximum absolute atomic E-state index is 12.5. The van der Waals surface area contributed by atoms with Gasteiger partial charge in [0.25, 0.3) is 5.91 Å². The number of amides is 2. The Hall–Kier alpha value is -1.92. The highest BCUT2D eigenvalue weighted by atomic mass is 32.2. The lowest BCUT2D eigenvalue weighted by Crippen LogP contribution is -2.30. The maximum atomic E-state index is 12.5. The molecule has 4 nitrogen and oxygen atoms in total. The van der Waals surface area contributed by atoms with Gasteiger partial charge in [0.1, 0.15) is 4.32 Å². The second kappa shape index (κ2) is 10.9. The fraction of sp³-hybridized carbons (Fsp3) is 0.350. The molecule has 0 spiro atoms. The van der Waals surface area contributed by atoms with E-state index in [2.05, 4.69) is 12.2 Å². The minimum atomic E-state index is -0.0795. The zero-order valence-corrected chi connectivity index (χ0v) is 16.6. The molecule has 2 amide bonds. The Labute approximate surface area is 164 Å². The summed E-state index contributed by atoms with van der Waals surface area (Å²) in [5, 5.41) is 2.88. The largest absolute Gasteiger partial charge is 0.356 e. The second-order valence-corrected chi connectivity index (χ2v) is 7.61. The molecule has 0 aromatic heterocycles. The normalized spacial score (nSPS) is 16.0. The van der Waals surface area contributed by atoms with Crippen LogP contribution in [0.25, 0.3) is 6.08 Å². The monoisotopic (exact) mass is 388 g/mol. The molecule has 1 aromatic carbocycles. The van der Waals surface area contributed by atoms with Crippen molar-refractivity contribution in [1.29, 1.82) is 0 Å². The van der Waals surface area contributed by atoms with E-state index < -0.39 is 0 Å². The molecule has 0 atom stereocenters. The lowest BCUT2D eigenvalue weighted by atomic mass is 10.2. The Balaban J connectivity index is 1.81. The van der Waals surface area contributed by atoms with Gasteiger partial charge in [0.2, 0.25) is 5.91 Å². The van der Waals surface area contributed by atoms with E-state index in [4.69, 9.17) is 12.2 Å². The molecule has 1 aromatic rings. The number of benzene rings is 1. The van der Waals surface area contributed by atoms with Gasteiger partial charge in [-0.25, -0.2) is 0 Å². The van der Waals surface area contributed by atoms with Crippen LogP contribution in [0.1, 0.15) is 38.2 Å². The Morgan fingerprint density at radius 1 is 1.27 bits per heavy atom. The van der Waals surface area contributed by atoms with Crippen LogP contribution in [0.2, 0.25) is 0 Å². The molecule has 0 bridgehead atoms. The number of nitrogens with zero attached hydrogens (tertiary/aromatic N) is 1. The van der Waals surface area contributed by atoms with E-state index in [9.17, 15) is 9.59 Å². The number of carbonyl (C=O) groups excluding carboxylic acids is 2. The summed E-state index contributed by atoms with van der Waals surface area (Å²) in [6, 6.07) is 9.91. The van der Waals surface area contributed by atoms with Gasteiger partial charge in [0, 0.05) is 19.5 Å². The van der Waals surface area contributed by atoms with Gasteiger partial charge in [0.15, 0.2) is 0 Å². The van der Waals surface area contributed by atoms with Gasteiger partial charge in [-0.3, -0.25) is 14.5 Å². The summed E-state index contributed by atoms with van der Waals surface area (Å²) in [6.07, 6.45) is 8.68. The average molecular weight is 389 g/mol. The second-order valence-electron chi connectivity index (χ2n) is 5.93. The van der Waals surface area contributed by atoms with Crippen molar-refractivity contribution in [3.63, 3.8) is 0 Å². The number of rotatable bonds is 9. The van der Waals surface area contributed by atoms with Crippen LogP contribution in [0.3, 0.4) is 0 Å². The third-order valence-electron chi connectivity index (χ3n) is 3.85. The molecule has 1 aliphatic rings. The van der Waals surface area contributed by atoms with Crippen molar-refractivity contribution >= 4 is 46.2 Å². The van der Waals surface area contributed by atoms with E-state index in [0.717, 1.165) is 18.4 Å². The van der Waals surface area contributed by atoms with Crippen molar-refractivity contribution in [2.45, 2.75) is 32.6 Å². The van der Waals surface area contributed by atoms with E-state index in [0.29, 0.717) is 35.2 Å². The van der Waals surface area contributed by atoms with Crippen LogP contribution >= 0.6 is 24.0 Å².